The number of carboxylic acid groups (broad SMARTS) is 1. The third kappa shape index (κ3) is 3.31. The van der Waals surface area contributed by atoms with Crippen LogP contribution >= 0.6 is 0 Å². The number of cyclic esters (lactones) is 1. The van der Waals surface area contributed by atoms with Gasteiger partial charge in [0.1, 0.15) is 23.7 Å². The number of phenols is 1. The van der Waals surface area contributed by atoms with Gasteiger partial charge in [-0.3, -0.25) is 4.79 Å². The van der Waals surface area contributed by atoms with Crippen molar-refractivity contribution in [3.63, 3.8) is 0 Å². The van der Waals surface area contributed by atoms with Crippen molar-refractivity contribution in [3.8, 4) is 11.5 Å². The number of ether oxygens (including phenoxy) is 2. The lowest BCUT2D eigenvalue weighted by molar-refractivity contribution is -0.136. The molecule has 124 valence electrons. The van der Waals surface area contributed by atoms with Gasteiger partial charge in [-0.2, -0.15) is 0 Å². The van der Waals surface area contributed by atoms with Crippen molar-refractivity contribution in [2.75, 3.05) is 7.04 Å². The van der Waals surface area contributed by atoms with E-state index in [9.17, 15) is 14.7 Å². The number of methoxy groups -OCH3 is 1. The van der Waals surface area contributed by atoms with Crippen LogP contribution in [0.15, 0.2) is 11.6 Å². The second kappa shape index (κ2) is 6.73. The Morgan fingerprint density at radius 1 is 1.48 bits per heavy atom. The average molecular weight is 323 g/mol. The van der Waals surface area contributed by atoms with Gasteiger partial charge < -0.3 is 19.7 Å². The van der Waals surface area contributed by atoms with E-state index in [1.165, 1.54) is 0 Å². The van der Waals surface area contributed by atoms with Crippen LogP contribution in [0.1, 0.15) is 50.9 Å². The first-order valence-electron chi connectivity index (χ1n) is 8.62. The maximum absolute atomic E-state index is 11.9. The number of carboxylic acids is 1. The number of carbonyl (C=O) groups excluding carboxylic acids is 1. The first-order valence-corrected chi connectivity index (χ1v) is 7.12. The maximum atomic E-state index is 11.9. The molecule has 6 nitrogen and oxygen atoms in total. The highest BCUT2D eigenvalue weighted by atomic mass is 16.5. The van der Waals surface area contributed by atoms with Gasteiger partial charge in [0.15, 0.2) is 0 Å². The van der Waals surface area contributed by atoms with Crippen LogP contribution in [0.25, 0.3) is 0 Å². The molecular formula is C17H20O6. The van der Waals surface area contributed by atoms with Crippen LogP contribution in [-0.4, -0.2) is 29.2 Å². The van der Waals surface area contributed by atoms with E-state index in [1.807, 2.05) is 0 Å². The summed E-state index contributed by atoms with van der Waals surface area (Å²) < 4.78 is 32.1. The Bertz CT molecular complexity index is 780. The molecule has 0 radical (unpaired) electrons. The molecule has 0 fully saturated rings. The predicted octanol–water partition coefficient (Wildman–Crippen LogP) is 2.73. The Morgan fingerprint density at radius 2 is 2.22 bits per heavy atom. The number of allylic oxidation sites excluding steroid dienone is 2. The summed E-state index contributed by atoms with van der Waals surface area (Å²) in [6.45, 7) is 3.28. The molecule has 0 bridgehead atoms. The topological polar surface area (TPSA) is 93.1 Å². The number of aliphatic carboxylic acids is 1. The van der Waals surface area contributed by atoms with E-state index in [0.717, 1.165) is 5.57 Å². The van der Waals surface area contributed by atoms with Crippen LogP contribution in [0, 0.1) is 6.92 Å². The number of aromatic hydroxyl groups is 1. The van der Waals surface area contributed by atoms with E-state index >= 15 is 0 Å². The summed E-state index contributed by atoms with van der Waals surface area (Å²) >= 11 is 0. The highest BCUT2D eigenvalue weighted by Gasteiger charge is 2.31. The molecule has 0 aromatic heterocycles. The molecule has 0 saturated carbocycles. The van der Waals surface area contributed by atoms with Crippen LogP contribution in [-0.2, 0) is 22.6 Å². The Hall–Kier alpha value is -2.50. The largest absolute Gasteiger partial charge is 0.507 e. The van der Waals surface area contributed by atoms with Crippen LogP contribution in [0.2, 0.25) is 0 Å². The zero-order valence-electron chi connectivity index (χ0n) is 15.9. The highest BCUT2D eigenvalue weighted by Crippen LogP contribution is 2.41. The normalized spacial score (nSPS) is 16.2. The second-order valence-corrected chi connectivity index (χ2v) is 5.46. The zero-order valence-corrected chi connectivity index (χ0v) is 12.9. The van der Waals surface area contributed by atoms with Crippen LogP contribution in [0.3, 0.4) is 0 Å². The van der Waals surface area contributed by atoms with Gasteiger partial charge in [-0.15, -0.1) is 0 Å². The standard InChI is InChI=1S/C17H20O6/c1-9(5-7-13(18)19)4-6-11-15(20)14-12(8-23-17(14)21)10(2)16(11)22-3/h4,20H,5-8H2,1-3H3,(H,18,19)/b9-4+/i3D3. The van der Waals surface area contributed by atoms with Gasteiger partial charge in [0, 0.05) is 17.5 Å². The lowest BCUT2D eigenvalue weighted by Gasteiger charge is -2.15. The van der Waals surface area contributed by atoms with Crippen molar-refractivity contribution in [2.24, 2.45) is 0 Å². The third-order valence-corrected chi connectivity index (χ3v) is 3.93. The number of rotatable bonds is 6. The highest BCUT2D eigenvalue weighted by molar-refractivity contribution is 5.98. The fraction of sp³-hybridized carbons (Fsp3) is 0.412. The van der Waals surface area contributed by atoms with E-state index in [1.54, 1.807) is 19.9 Å². The molecule has 1 aromatic carbocycles. The summed E-state index contributed by atoms with van der Waals surface area (Å²) in [5.74, 6) is -1.98. The van der Waals surface area contributed by atoms with Crippen molar-refractivity contribution in [1.29, 1.82) is 0 Å². The average Bonchev–Trinajstić information content (AvgIpc) is 2.91. The van der Waals surface area contributed by atoms with Gasteiger partial charge in [0.2, 0.25) is 0 Å². The summed E-state index contributed by atoms with van der Waals surface area (Å²) in [6.07, 6.45) is 2.04. The molecule has 1 heterocycles. The smallest absolute Gasteiger partial charge is 0.342 e. The van der Waals surface area contributed by atoms with Crippen LogP contribution < -0.4 is 4.74 Å². The summed E-state index contributed by atoms with van der Waals surface area (Å²) in [4.78, 5) is 22.5. The van der Waals surface area contributed by atoms with Crippen LogP contribution in [0.5, 0.6) is 11.5 Å². The monoisotopic (exact) mass is 323 g/mol. The molecule has 2 rings (SSSR count). The molecule has 0 amide bonds. The van der Waals surface area contributed by atoms with Gasteiger partial charge in [-0.1, -0.05) is 11.6 Å². The Kier molecular flexibility index (Phi) is 3.80. The van der Waals surface area contributed by atoms with Gasteiger partial charge in [-0.05, 0) is 32.3 Å². The van der Waals surface area contributed by atoms with Gasteiger partial charge in [-0.25, -0.2) is 4.79 Å². The Morgan fingerprint density at radius 3 is 2.87 bits per heavy atom. The Balaban J connectivity index is 2.47. The molecule has 6 heteroatoms. The number of carbonyl (C=O) groups is 2. The molecule has 2 N–H and O–H groups in total. The quantitative estimate of drug-likeness (QED) is 0.617. The fourth-order valence-electron chi connectivity index (χ4n) is 2.57. The molecule has 1 aromatic rings. The Labute approximate surface area is 138 Å². The molecule has 0 spiro atoms. The molecule has 23 heavy (non-hydrogen) atoms. The number of esters is 1. The minimum Gasteiger partial charge on any atom is -0.507 e. The van der Waals surface area contributed by atoms with E-state index in [-0.39, 0.29) is 42.1 Å². The first kappa shape index (κ1) is 13.0. The molecule has 1 aliphatic rings. The van der Waals surface area contributed by atoms with Crippen molar-refractivity contribution in [2.45, 2.75) is 39.7 Å². The number of benzene rings is 1. The summed E-state index contributed by atoms with van der Waals surface area (Å²) in [5, 5.41) is 19.3. The van der Waals surface area contributed by atoms with Crippen molar-refractivity contribution in [3.05, 3.63) is 33.9 Å². The van der Waals surface area contributed by atoms with Crippen LogP contribution in [0.4, 0.5) is 0 Å². The predicted molar refractivity (Wildman–Crippen MR) is 82.8 cm³/mol. The SMILES string of the molecule is [2H]C([2H])([2H])Oc1c(C)c2c(c(O)c1C/C=C(\C)CCC(=O)O)C(=O)OC2. The second-order valence-electron chi connectivity index (χ2n) is 5.46. The number of hydrogen-bond acceptors (Lipinski definition) is 5. The first-order chi connectivity index (χ1) is 12.0. The van der Waals surface area contributed by atoms with E-state index in [2.05, 4.69) is 0 Å². The molecule has 0 aliphatic carbocycles. The summed E-state index contributed by atoms with van der Waals surface area (Å²) in [7, 11) is -2.73. The molecule has 1 aliphatic heterocycles. The summed E-state index contributed by atoms with van der Waals surface area (Å²) in [6, 6.07) is 0. The number of phenolic OH excluding ortho intramolecular Hbond substituents is 1. The van der Waals surface area contributed by atoms with Gasteiger partial charge >= 0.3 is 11.9 Å². The number of fused-ring (bicyclic) bond motifs is 1. The van der Waals surface area contributed by atoms with E-state index in [0.29, 0.717) is 17.5 Å². The molecular weight excluding hydrogens is 300 g/mol. The lowest BCUT2D eigenvalue weighted by Crippen LogP contribution is -2.03. The maximum Gasteiger partial charge on any atom is 0.342 e. The fourth-order valence-corrected chi connectivity index (χ4v) is 2.57. The van der Waals surface area contributed by atoms with Crippen molar-refractivity contribution in [1.82, 2.24) is 0 Å². The summed E-state index contributed by atoms with van der Waals surface area (Å²) in [5.41, 5.74) is 1.76. The van der Waals surface area contributed by atoms with Gasteiger partial charge in [0.05, 0.1) is 11.2 Å². The van der Waals surface area contributed by atoms with E-state index in [4.69, 9.17) is 18.7 Å². The lowest BCUT2D eigenvalue weighted by atomic mass is 9.94. The minimum atomic E-state index is -2.73. The number of hydrogen-bond donors (Lipinski definition) is 2. The molecule has 0 unspecified atom stereocenters. The minimum absolute atomic E-state index is 0.0122. The zero-order chi connectivity index (χ0) is 19.6. The molecule has 0 atom stereocenters. The van der Waals surface area contributed by atoms with Crippen molar-refractivity contribution >= 4 is 11.9 Å². The molecule has 0 saturated heterocycles. The van der Waals surface area contributed by atoms with Crippen molar-refractivity contribution < 1.29 is 33.4 Å². The third-order valence-electron chi connectivity index (χ3n) is 3.93. The van der Waals surface area contributed by atoms with Gasteiger partial charge in [0.25, 0.3) is 0 Å². The van der Waals surface area contributed by atoms with E-state index < -0.39 is 19.0 Å².